The molecule has 21 heavy (non-hydrogen) atoms. The molecular weight excluding hydrogens is 310 g/mol. The average molecular weight is 330 g/mol. The molecule has 0 amide bonds. The molecule has 0 saturated carbocycles. The first kappa shape index (κ1) is 18.2. The van der Waals surface area contributed by atoms with Gasteiger partial charge in [-0.2, -0.15) is 17.0 Å². The lowest BCUT2D eigenvalue weighted by Crippen LogP contribution is -2.50. The van der Waals surface area contributed by atoms with Crippen molar-refractivity contribution < 1.29 is 31.8 Å². The molecular formula is C11H20F2N2O5S. The van der Waals surface area contributed by atoms with Gasteiger partial charge >= 0.3 is 5.97 Å². The Labute approximate surface area is 122 Å². The van der Waals surface area contributed by atoms with Gasteiger partial charge in [-0.3, -0.25) is 4.79 Å². The van der Waals surface area contributed by atoms with Gasteiger partial charge in [-0.1, -0.05) is 0 Å². The summed E-state index contributed by atoms with van der Waals surface area (Å²) in [6, 6.07) is -0.992. The summed E-state index contributed by atoms with van der Waals surface area (Å²) in [5.74, 6) is -0.681. The first-order valence-corrected chi connectivity index (χ1v) is 8.06. The van der Waals surface area contributed by atoms with E-state index < -0.39 is 48.3 Å². The predicted molar refractivity (Wildman–Crippen MR) is 69.9 cm³/mol. The highest BCUT2D eigenvalue weighted by Crippen LogP contribution is 2.24. The average Bonchev–Trinajstić information content (AvgIpc) is 2.88. The molecule has 1 heterocycles. The molecule has 0 aromatic heterocycles. The Kier molecular flexibility index (Phi) is 6.91. The summed E-state index contributed by atoms with van der Waals surface area (Å²) in [5.41, 5.74) is 0. The Morgan fingerprint density at radius 1 is 1.52 bits per heavy atom. The Balaban J connectivity index is 2.94. The topological polar surface area (TPSA) is 87.2 Å². The zero-order valence-corrected chi connectivity index (χ0v) is 12.6. The lowest BCUT2D eigenvalue weighted by Gasteiger charge is -2.29. The fraction of sp³-hybridized carbons (Fsp3) is 0.909. The van der Waals surface area contributed by atoms with Crippen LogP contribution in [0.2, 0.25) is 0 Å². The van der Waals surface area contributed by atoms with Crippen molar-refractivity contribution in [3.63, 3.8) is 0 Å². The fourth-order valence-corrected chi connectivity index (χ4v) is 3.99. The van der Waals surface area contributed by atoms with E-state index >= 15 is 0 Å². The van der Waals surface area contributed by atoms with Gasteiger partial charge in [-0.15, -0.1) is 0 Å². The Morgan fingerprint density at radius 3 is 2.71 bits per heavy atom. The van der Waals surface area contributed by atoms with Gasteiger partial charge < -0.3 is 9.84 Å². The standard InChI is InChI=1S/C11H20F2N2O5S/c1-2-20-11(17)9-4-3-5-15(9)21(18,19)14(6-7-16)8-10(12)13/h9-10,16H,2-8H2,1H3. The molecule has 1 aliphatic rings. The molecule has 1 atom stereocenters. The molecule has 1 rings (SSSR count). The second-order valence-corrected chi connectivity index (χ2v) is 6.38. The third-order valence-corrected chi connectivity index (χ3v) is 5.09. The van der Waals surface area contributed by atoms with Crippen LogP contribution in [0, 0.1) is 0 Å². The number of alkyl halides is 2. The number of halogens is 2. The van der Waals surface area contributed by atoms with Gasteiger partial charge in [0.25, 0.3) is 16.6 Å². The lowest BCUT2D eigenvalue weighted by molar-refractivity contribution is -0.146. The van der Waals surface area contributed by atoms with Crippen LogP contribution in [-0.4, -0.2) is 73.4 Å². The van der Waals surface area contributed by atoms with E-state index in [4.69, 9.17) is 9.84 Å². The summed E-state index contributed by atoms with van der Waals surface area (Å²) in [7, 11) is -4.24. The van der Waals surface area contributed by atoms with E-state index in [-0.39, 0.29) is 13.2 Å². The largest absolute Gasteiger partial charge is 0.465 e. The third kappa shape index (κ3) is 4.56. The second-order valence-electron chi connectivity index (χ2n) is 4.50. The second kappa shape index (κ2) is 7.97. The number of hydrogen-bond acceptors (Lipinski definition) is 5. The smallest absolute Gasteiger partial charge is 0.324 e. The van der Waals surface area contributed by atoms with Gasteiger partial charge in [0.2, 0.25) is 0 Å². The molecule has 124 valence electrons. The van der Waals surface area contributed by atoms with Crippen LogP contribution in [0.15, 0.2) is 0 Å². The molecule has 1 N–H and O–H groups in total. The highest BCUT2D eigenvalue weighted by Gasteiger charge is 2.42. The molecule has 10 heteroatoms. The Bertz CT molecular complexity index is 446. The SMILES string of the molecule is CCOC(=O)C1CCCN1S(=O)(=O)N(CCO)CC(F)F. The summed E-state index contributed by atoms with van der Waals surface area (Å²) >= 11 is 0. The zero-order chi connectivity index (χ0) is 16.0. The number of carbonyl (C=O) groups is 1. The molecule has 0 radical (unpaired) electrons. The number of nitrogens with zero attached hydrogens (tertiary/aromatic N) is 2. The van der Waals surface area contributed by atoms with Gasteiger partial charge in [-0.25, -0.2) is 8.78 Å². The van der Waals surface area contributed by atoms with Gasteiger partial charge in [0.05, 0.1) is 19.8 Å². The van der Waals surface area contributed by atoms with Crippen molar-refractivity contribution >= 4 is 16.2 Å². The Morgan fingerprint density at radius 2 is 2.19 bits per heavy atom. The minimum Gasteiger partial charge on any atom is -0.465 e. The maximum Gasteiger partial charge on any atom is 0.324 e. The van der Waals surface area contributed by atoms with Crippen molar-refractivity contribution in [2.24, 2.45) is 0 Å². The molecule has 7 nitrogen and oxygen atoms in total. The number of hydrogen-bond donors (Lipinski definition) is 1. The van der Waals surface area contributed by atoms with Crippen LogP contribution in [-0.2, 0) is 19.7 Å². The Hall–Kier alpha value is -0.840. The predicted octanol–water partition coefficient (Wildman–Crippen LogP) is -0.182. The van der Waals surface area contributed by atoms with Crippen LogP contribution in [0.3, 0.4) is 0 Å². The van der Waals surface area contributed by atoms with Gasteiger partial charge in [0.15, 0.2) is 0 Å². The minimum atomic E-state index is -4.24. The third-order valence-electron chi connectivity index (χ3n) is 3.08. The van der Waals surface area contributed by atoms with Crippen molar-refractivity contribution in [3.8, 4) is 0 Å². The summed E-state index contributed by atoms with van der Waals surface area (Å²) in [5, 5.41) is 8.85. The van der Waals surface area contributed by atoms with Crippen LogP contribution in [0.5, 0.6) is 0 Å². The molecule has 0 aromatic rings. The highest BCUT2D eigenvalue weighted by molar-refractivity contribution is 7.86. The van der Waals surface area contributed by atoms with Crippen LogP contribution < -0.4 is 0 Å². The summed E-state index contributed by atoms with van der Waals surface area (Å²) < 4.78 is 55.9. The molecule has 1 fully saturated rings. The first-order valence-electron chi connectivity index (χ1n) is 6.67. The van der Waals surface area contributed by atoms with E-state index in [9.17, 15) is 22.0 Å². The number of ether oxygens (including phenoxy) is 1. The van der Waals surface area contributed by atoms with Crippen LogP contribution in [0.1, 0.15) is 19.8 Å². The molecule has 1 aliphatic heterocycles. The van der Waals surface area contributed by atoms with Crippen LogP contribution in [0.25, 0.3) is 0 Å². The van der Waals surface area contributed by atoms with Gasteiger partial charge in [-0.05, 0) is 19.8 Å². The molecule has 1 unspecified atom stereocenters. The number of esters is 1. The molecule has 1 saturated heterocycles. The van der Waals surface area contributed by atoms with E-state index in [1.165, 1.54) is 0 Å². The summed E-state index contributed by atoms with van der Waals surface area (Å²) in [4.78, 5) is 11.8. The summed E-state index contributed by atoms with van der Waals surface area (Å²) in [6.45, 7) is -0.268. The number of aliphatic hydroxyl groups is 1. The fourth-order valence-electron chi connectivity index (χ4n) is 2.20. The first-order chi connectivity index (χ1) is 9.84. The maximum atomic E-state index is 12.5. The van der Waals surface area contributed by atoms with E-state index in [1.807, 2.05) is 0 Å². The van der Waals surface area contributed by atoms with Gasteiger partial charge in [0, 0.05) is 13.1 Å². The number of aliphatic hydroxyl groups excluding tert-OH is 1. The quantitative estimate of drug-likeness (QED) is 0.624. The molecule has 0 aromatic carbocycles. The van der Waals surface area contributed by atoms with Crippen molar-refractivity contribution in [3.05, 3.63) is 0 Å². The van der Waals surface area contributed by atoms with E-state index in [0.717, 1.165) is 4.31 Å². The lowest BCUT2D eigenvalue weighted by atomic mass is 10.2. The van der Waals surface area contributed by atoms with Crippen molar-refractivity contribution in [1.82, 2.24) is 8.61 Å². The van der Waals surface area contributed by atoms with Crippen molar-refractivity contribution in [2.75, 3.05) is 32.8 Å². The summed E-state index contributed by atoms with van der Waals surface area (Å²) in [6.07, 6.45) is -2.13. The highest BCUT2D eigenvalue weighted by atomic mass is 32.2. The van der Waals surface area contributed by atoms with E-state index in [0.29, 0.717) is 17.1 Å². The van der Waals surface area contributed by atoms with E-state index in [1.54, 1.807) is 6.92 Å². The monoisotopic (exact) mass is 330 g/mol. The van der Waals surface area contributed by atoms with Gasteiger partial charge in [0.1, 0.15) is 6.04 Å². The molecule has 0 bridgehead atoms. The van der Waals surface area contributed by atoms with Crippen molar-refractivity contribution in [1.29, 1.82) is 0 Å². The van der Waals surface area contributed by atoms with Crippen molar-refractivity contribution in [2.45, 2.75) is 32.2 Å². The number of rotatable bonds is 8. The van der Waals surface area contributed by atoms with Crippen LogP contribution >= 0.6 is 0 Å². The normalized spacial score (nSPS) is 20.4. The van der Waals surface area contributed by atoms with E-state index in [2.05, 4.69) is 0 Å². The van der Waals surface area contributed by atoms with Crippen LogP contribution in [0.4, 0.5) is 8.78 Å². The maximum absolute atomic E-state index is 12.5. The number of carbonyl (C=O) groups excluding carboxylic acids is 1. The molecule has 0 aliphatic carbocycles. The minimum absolute atomic E-state index is 0.0664. The molecule has 0 spiro atoms. The zero-order valence-electron chi connectivity index (χ0n) is 11.7.